The molecule has 3 rings (SSSR count). The maximum atomic E-state index is 6.01. The Morgan fingerprint density at radius 1 is 0.950 bits per heavy atom. The van der Waals surface area contributed by atoms with Gasteiger partial charge in [-0.2, -0.15) is 0 Å². The van der Waals surface area contributed by atoms with Crippen LogP contribution in [0.5, 0.6) is 5.75 Å². The van der Waals surface area contributed by atoms with Gasteiger partial charge < -0.3 is 15.4 Å². The van der Waals surface area contributed by atoms with E-state index >= 15 is 0 Å². The molecule has 0 unspecified atom stereocenters. The van der Waals surface area contributed by atoms with Gasteiger partial charge in [-0.1, -0.05) is 24.3 Å². The van der Waals surface area contributed by atoms with E-state index in [1.165, 1.54) is 5.69 Å². The van der Waals surface area contributed by atoms with E-state index in [0.717, 1.165) is 37.4 Å². The fraction of sp³-hybridized carbons (Fsp3) is 0.294. The summed E-state index contributed by atoms with van der Waals surface area (Å²) in [6.07, 6.45) is 2.38. The molecule has 1 fully saturated rings. The first-order valence-corrected chi connectivity index (χ1v) is 7.13. The van der Waals surface area contributed by atoms with E-state index in [4.69, 9.17) is 10.5 Å². The van der Waals surface area contributed by atoms with E-state index in [2.05, 4.69) is 35.2 Å². The van der Waals surface area contributed by atoms with Crippen molar-refractivity contribution in [3.63, 3.8) is 0 Å². The average Bonchev–Trinajstić information content (AvgIpc) is 2.49. The molecule has 2 aromatic carbocycles. The number of nitrogens with zero attached hydrogens (tertiary/aromatic N) is 1. The van der Waals surface area contributed by atoms with Gasteiger partial charge in [0.05, 0.1) is 0 Å². The van der Waals surface area contributed by atoms with E-state index in [-0.39, 0.29) is 6.10 Å². The molecule has 1 heterocycles. The summed E-state index contributed by atoms with van der Waals surface area (Å²) in [6, 6.07) is 18.2. The van der Waals surface area contributed by atoms with Gasteiger partial charge >= 0.3 is 0 Å². The Morgan fingerprint density at radius 2 is 1.70 bits per heavy atom. The first-order chi connectivity index (χ1) is 9.81. The number of nitrogen functional groups attached to an aromatic ring is 1. The number of nitrogens with two attached hydrogens (primary N) is 1. The number of para-hydroxylation sites is 1. The van der Waals surface area contributed by atoms with E-state index in [1.54, 1.807) is 0 Å². The zero-order valence-corrected chi connectivity index (χ0v) is 11.5. The van der Waals surface area contributed by atoms with E-state index in [9.17, 15) is 0 Å². The van der Waals surface area contributed by atoms with Crippen molar-refractivity contribution in [1.82, 2.24) is 0 Å². The van der Waals surface area contributed by atoms with Crippen LogP contribution in [-0.2, 0) is 0 Å². The average molecular weight is 268 g/mol. The Morgan fingerprint density at radius 3 is 2.40 bits per heavy atom. The van der Waals surface area contributed by atoms with Crippen LogP contribution in [-0.4, -0.2) is 19.2 Å². The van der Waals surface area contributed by atoms with Crippen LogP contribution in [0.3, 0.4) is 0 Å². The van der Waals surface area contributed by atoms with Crippen molar-refractivity contribution in [2.75, 3.05) is 23.7 Å². The van der Waals surface area contributed by atoms with Gasteiger partial charge in [0.2, 0.25) is 0 Å². The maximum absolute atomic E-state index is 6.01. The second-order valence-corrected chi connectivity index (χ2v) is 5.21. The molecule has 0 aromatic heterocycles. The molecule has 0 bridgehead atoms. The molecule has 104 valence electrons. The van der Waals surface area contributed by atoms with Gasteiger partial charge in [0.25, 0.3) is 0 Å². The smallest absolute Gasteiger partial charge is 0.121 e. The minimum atomic E-state index is 0.289. The van der Waals surface area contributed by atoms with Crippen LogP contribution in [0.25, 0.3) is 0 Å². The summed E-state index contributed by atoms with van der Waals surface area (Å²) in [7, 11) is 0. The van der Waals surface area contributed by atoms with E-state index < -0.39 is 0 Å². The second kappa shape index (κ2) is 5.87. The van der Waals surface area contributed by atoms with Crippen LogP contribution < -0.4 is 15.4 Å². The van der Waals surface area contributed by atoms with Crippen LogP contribution in [0.1, 0.15) is 12.8 Å². The van der Waals surface area contributed by atoms with E-state index in [1.807, 2.05) is 24.3 Å². The highest BCUT2D eigenvalue weighted by Crippen LogP contribution is 2.23. The first-order valence-electron chi connectivity index (χ1n) is 7.13. The van der Waals surface area contributed by atoms with Gasteiger partial charge in [0.15, 0.2) is 0 Å². The minimum Gasteiger partial charge on any atom is -0.490 e. The number of ether oxygens (including phenoxy) is 1. The molecule has 3 nitrogen and oxygen atoms in total. The molecular formula is C17H20N2O. The molecule has 0 radical (unpaired) electrons. The lowest BCUT2D eigenvalue weighted by Crippen LogP contribution is -2.38. The third-order valence-corrected chi connectivity index (χ3v) is 3.72. The Hall–Kier alpha value is -2.16. The van der Waals surface area contributed by atoms with Gasteiger partial charge in [0.1, 0.15) is 11.9 Å². The fourth-order valence-electron chi connectivity index (χ4n) is 2.65. The molecule has 2 N–H and O–H groups in total. The largest absolute Gasteiger partial charge is 0.490 e. The first kappa shape index (κ1) is 12.9. The molecule has 1 aliphatic heterocycles. The summed E-state index contributed by atoms with van der Waals surface area (Å²) in [5.41, 5.74) is 7.83. The van der Waals surface area contributed by atoms with E-state index in [0.29, 0.717) is 0 Å². The summed E-state index contributed by atoms with van der Waals surface area (Å²) in [5.74, 6) is 0.878. The topological polar surface area (TPSA) is 38.5 Å². The van der Waals surface area contributed by atoms with Crippen LogP contribution >= 0.6 is 0 Å². The number of hydrogen-bond donors (Lipinski definition) is 1. The predicted molar refractivity (Wildman–Crippen MR) is 83.2 cm³/mol. The maximum Gasteiger partial charge on any atom is 0.121 e. The Bertz CT molecular complexity index is 548. The van der Waals surface area contributed by atoms with Gasteiger partial charge in [0, 0.05) is 43.4 Å². The number of hydrogen-bond acceptors (Lipinski definition) is 3. The van der Waals surface area contributed by atoms with Gasteiger partial charge in [-0.25, -0.2) is 0 Å². The monoisotopic (exact) mass is 268 g/mol. The van der Waals surface area contributed by atoms with Crippen molar-refractivity contribution < 1.29 is 4.74 Å². The van der Waals surface area contributed by atoms with Gasteiger partial charge in [-0.05, 0) is 24.3 Å². The molecule has 0 aliphatic carbocycles. The number of piperidine rings is 1. The van der Waals surface area contributed by atoms with Crippen LogP contribution in [0.2, 0.25) is 0 Å². The van der Waals surface area contributed by atoms with Crippen molar-refractivity contribution in [2.24, 2.45) is 0 Å². The molecule has 2 aromatic rings. The third kappa shape index (κ3) is 3.05. The summed E-state index contributed by atoms with van der Waals surface area (Å²) in [4.78, 5) is 2.42. The lowest BCUT2D eigenvalue weighted by Gasteiger charge is -2.33. The number of benzene rings is 2. The highest BCUT2D eigenvalue weighted by molar-refractivity contribution is 5.46. The van der Waals surface area contributed by atoms with Gasteiger partial charge in [-0.15, -0.1) is 0 Å². The van der Waals surface area contributed by atoms with Crippen molar-refractivity contribution >= 4 is 11.4 Å². The highest BCUT2D eigenvalue weighted by Gasteiger charge is 2.20. The van der Waals surface area contributed by atoms with Crippen molar-refractivity contribution in [3.8, 4) is 5.75 Å². The molecule has 0 spiro atoms. The summed E-state index contributed by atoms with van der Waals surface area (Å²) >= 11 is 0. The fourth-order valence-corrected chi connectivity index (χ4v) is 2.65. The zero-order chi connectivity index (χ0) is 13.8. The van der Waals surface area contributed by atoms with Crippen LogP contribution in [0.4, 0.5) is 11.4 Å². The predicted octanol–water partition coefficient (Wildman–Crippen LogP) is 3.32. The molecule has 1 aliphatic rings. The van der Waals surface area contributed by atoms with Crippen molar-refractivity contribution in [3.05, 3.63) is 54.6 Å². The molecule has 0 atom stereocenters. The second-order valence-electron chi connectivity index (χ2n) is 5.21. The Balaban J connectivity index is 1.56. The molecule has 20 heavy (non-hydrogen) atoms. The van der Waals surface area contributed by atoms with Crippen LogP contribution in [0, 0.1) is 0 Å². The quantitative estimate of drug-likeness (QED) is 0.868. The van der Waals surface area contributed by atoms with Crippen LogP contribution in [0.15, 0.2) is 54.6 Å². The van der Waals surface area contributed by atoms with Crippen molar-refractivity contribution in [2.45, 2.75) is 18.9 Å². The molecule has 1 saturated heterocycles. The summed E-state index contributed by atoms with van der Waals surface area (Å²) < 4.78 is 6.01. The normalized spacial score (nSPS) is 16.1. The SMILES string of the molecule is Nc1cccc(OC2CCN(c3ccccc3)CC2)c1. The zero-order valence-electron chi connectivity index (χ0n) is 11.5. The van der Waals surface area contributed by atoms with Crippen molar-refractivity contribution in [1.29, 1.82) is 0 Å². The lowest BCUT2D eigenvalue weighted by atomic mass is 10.1. The Kier molecular flexibility index (Phi) is 3.77. The summed E-state index contributed by atoms with van der Waals surface area (Å²) in [6.45, 7) is 2.08. The third-order valence-electron chi connectivity index (χ3n) is 3.72. The lowest BCUT2D eigenvalue weighted by molar-refractivity contribution is 0.171. The number of anilines is 2. The molecular weight excluding hydrogens is 248 g/mol. The number of rotatable bonds is 3. The standard InChI is InChI=1S/C17H20N2O/c18-14-5-4-8-17(13-14)20-16-9-11-19(12-10-16)15-6-2-1-3-7-15/h1-8,13,16H,9-12,18H2. The van der Waals surface area contributed by atoms with Gasteiger partial charge in [-0.3, -0.25) is 0 Å². The highest BCUT2D eigenvalue weighted by atomic mass is 16.5. The Labute approximate surface area is 120 Å². The molecule has 0 saturated carbocycles. The minimum absolute atomic E-state index is 0.289. The molecule has 3 heteroatoms. The molecule has 0 amide bonds. The summed E-state index contributed by atoms with van der Waals surface area (Å²) in [5, 5.41) is 0.